The van der Waals surface area contributed by atoms with Gasteiger partial charge in [0.05, 0.1) is 12.8 Å². The van der Waals surface area contributed by atoms with Gasteiger partial charge in [0.25, 0.3) is 5.56 Å². The van der Waals surface area contributed by atoms with Crippen LogP contribution in [0.25, 0.3) is 0 Å². The molecule has 0 amide bonds. The number of anilines is 2. The van der Waals surface area contributed by atoms with Gasteiger partial charge < -0.3 is 20.2 Å². The summed E-state index contributed by atoms with van der Waals surface area (Å²) in [6.07, 6.45) is 16.3. The molecule has 0 radical (unpaired) electrons. The third-order valence-electron chi connectivity index (χ3n) is 6.65. The maximum atomic E-state index is 12.1. The number of aliphatic hydroxyl groups is 1. The Labute approximate surface area is 199 Å². The van der Waals surface area contributed by atoms with Crippen molar-refractivity contribution in [2.45, 2.75) is 96.5 Å². The van der Waals surface area contributed by atoms with Gasteiger partial charge in [0.15, 0.2) is 0 Å². The molecule has 1 aliphatic heterocycles. The number of hydrogen-bond donors (Lipinski definition) is 3. The van der Waals surface area contributed by atoms with Gasteiger partial charge in [-0.05, 0) is 19.4 Å². The van der Waals surface area contributed by atoms with Crippen molar-refractivity contribution in [3.63, 3.8) is 0 Å². The minimum Gasteiger partial charge on any atom is -0.392 e. The van der Waals surface area contributed by atoms with E-state index in [2.05, 4.69) is 17.2 Å². The van der Waals surface area contributed by atoms with Gasteiger partial charge in [-0.25, -0.2) is 4.79 Å². The number of aromatic amines is 1. The normalized spacial score (nSPS) is 14.2. The van der Waals surface area contributed by atoms with E-state index in [9.17, 15) is 14.7 Å². The van der Waals surface area contributed by atoms with Crippen molar-refractivity contribution in [1.29, 1.82) is 0 Å². The molecule has 0 bridgehead atoms. The fourth-order valence-electron chi connectivity index (χ4n) is 4.64. The topological polar surface area (TPSA) is 93.6 Å². The highest BCUT2D eigenvalue weighted by atomic mass is 16.3. The van der Waals surface area contributed by atoms with Crippen molar-refractivity contribution < 1.29 is 5.11 Å². The van der Waals surface area contributed by atoms with E-state index < -0.39 is 11.8 Å². The molecular formula is C25H47N5O3. The van der Waals surface area contributed by atoms with Crippen LogP contribution in [-0.4, -0.2) is 54.1 Å². The molecule has 1 aliphatic rings. The minimum atomic E-state index is -0.448. The van der Waals surface area contributed by atoms with Crippen LogP contribution in [0, 0.1) is 0 Å². The van der Waals surface area contributed by atoms with Crippen LogP contribution in [0.4, 0.5) is 11.5 Å². The molecule has 0 aliphatic carbocycles. The van der Waals surface area contributed by atoms with Crippen LogP contribution >= 0.6 is 0 Å². The van der Waals surface area contributed by atoms with Gasteiger partial charge in [-0.3, -0.25) is 14.3 Å². The highest BCUT2D eigenvalue weighted by molar-refractivity contribution is 5.71. The second-order valence-corrected chi connectivity index (χ2v) is 9.63. The zero-order valence-electron chi connectivity index (χ0n) is 21.2. The van der Waals surface area contributed by atoms with Crippen LogP contribution in [0.2, 0.25) is 0 Å². The number of fused-ring (bicyclic) bond motifs is 1. The number of hydrogen-bond acceptors (Lipinski definition) is 6. The average molecular weight is 466 g/mol. The summed E-state index contributed by atoms with van der Waals surface area (Å²) in [5.41, 5.74) is -0.261. The average Bonchev–Trinajstić information content (AvgIpc) is 3.13. The first-order chi connectivity index (χ1) is 16.0. The number of aromatic nitrogens is 2. The van der Waals surface area contributed by atoms with Gasteiger partial charge in [-0.15, -0.1) is 0 Å². The number of rotatable bonds is 18. The summed E-state index contributed by atoms with van der Waals surface area (Å²) in [7, 11) is 3.50. The fraction of sp³-hybridized carbons (Fsp3) is 0.840. The molecule has 1 aromatic heterocycles. The molecule has 33 heavy (non-hydrogen) atoms. The molecule has 1 aromatic rings. The van der Waals surface area contributed by atoms with Crippen LogP contribution in [0.1, 0.15) is 90.4 Å². The van der Waals surface area contributed by atoms with E-state index in [-0.39, 0.29) is 5.56 Å². The van der Waals surface area contributed by atoms with Gasteiger partial charge in [0.2, 0.25) is 0 Å². The van der Waals surface area contributed by atoms with Crippen LogP contribution in [-0.2, 0) is 7.05 Å². The third kappa shape index (κ3) is 9.16. The Bertz CT molecular complexity index is 791. The SMILES string of the molecule is CCCCCCCCCCCCCCNCC(O)CCN1CN(C)c2c1n(C)c(=O)[nH]c2=O. The number of nitrogens with zero attached hydrogens (tertiary/aromatic N) is 3. The second kappa shape index (κ2) is 15.2. The molecule has 0 saturated heterocycles. The first-order valence-electron chi connectivity index (χ1n) is 13.1. The molecule has 3 N–H and O–H groups in total. The van der Waals surface area contributed by atoms with Crippen LogP contribution in [0.5, 0.6) is 0 Å². The molecule has 8 nitrogen and oxygen atoms in total. The van der Waals surface area contributed by atoms with E-state index in [1.165, 1.54) is 75.2 Å². The van der Waals surface area contributed by atoms with Crippen molar-refractivity contribution in [3.05, 3.63) is 20.8 Å². The standard InChI is InChI=1S/C25H47N5O3/c1-4-5-6-7-8-9-10-11-12-13-14-15-17-26-19-21(31)16-18-30-20-28(2)22-23(32)27-25(33)29(3)24(22)30/h21,26,31H,4-20H2,1-3H3,(H,27,32,33). The van der Waals surface area contributed by atoms with E-state index in [4.69, 9.17) is 0 Å². The lowest BCUT2D eigenvalue weighted by Gasteiger charge is -2.22. The smallest absolute Gasteiger partial charge is 0.329 e. The summed E-state index contributed by atoms with van der Waals surface area (Å²) in [5, 5.41) is 13.7. The Balaban J connectivity index is 1.50. The summed E-state index contributed by atoms with van der Waals surface area (Å²) < 4.78 is 1.47. The van der Waals surface area contributed by atoms with E-state index in [1.807, 2.05) is 16.8 Å². The molecule has 190 valence electrons. The Kier molecular flexibility index (Phi) is 12.6. The zero-order chi connectivity index (χ0) is 24.1. The van der Waals surface area contributed by atoms with Gasteiger partial charge in [0, 0.05) is 27.2 Å². The lowest BCUT2D eigenvalue weighted by atomic mass is 10.1. The molecule has 8 heteroatoms. The maximum absolute atomic E-state index is 12.1. The first kappa shape index (κ1) is 27.4. The summed E-state index contributed by atoms with van der Waals surface area (Å²) in [6, 6.07) is 0. The summed E-state index contributed by atoms with van der Waals surface area (Å²) in [6.45, 7) is 4.91. The molecule has 1 unspecified atom stereocenters. The van der Waals surface area contributed by atoms with Gasteiger partial charge >= 0.3 is 5.69 Å². The fourth-order valence-corrected chi connectivity index (χ4v) is 4.64. The Morgan fingerprint density at radius 1 is 0.939 bits per heavy atom. The van der Waals surface area contributed by atoms with Crippen molar-refractivity contribution in [1.82, 2.24) is 14.9 Å². The highest BCUT2D eigenvalue weighted by Gasteiger charge is 2.29. The number of aliphatic hydroxyl groups excluding tert-OH is 1. The third-order valence-corrected chi connectivity index (χ3v) is 6.65. The second-order valence-electron chi connectivity index (χ2n) is 9.63. The Morgan fingerprint density at radius 3 is 2.12 bits per heavy atom. The largest absolute Gasteiger partial charge is 0.392 e. The zero-order valence-corrected chi connectivity index (χ0v) is 21.2. The Hall–Kier alpha value is -1.80. The number of H-pyrrole nitrogens is 1. The summed E-state index contributed by atoms with van der Waals surface area (Å²) in [4.78, 5) is 30.3. The summed E-state index contributed by atoms with van der Waals surface area (Å²) in [5.74, 6) is 0.628. The van der Waals surface area contributed by atoms with E-state index >= 15 is 0 Å². The lowest BCUT2D eigenvalue weighted by molar-refractivity contribution is 0.163. The maximum Gasteiger partial charge on any atom is 0.329 e. The molecule has 0 aromatic carbocycles. The molecule has 0 saturated carbocycles. The van der Waals surface area contributed by atoms with Crippen LogP contribution < -0.4 is 26.4 Å². The molecule has 2 rings (SSSR count). The monoisotopic (exact) mass is 465 g/mol. The molecular weight excluding hydrogens is 418 g/mol. The molecule has 0 fully saturated rings. The van der Waals surface area contributed by atoms with Crippen LogP contribution in [0.3, 0.4) is 0 Å². The van der Waals surface area contributed by atoms with Crippen molar-refractivity contribution in [3.8, 4) is 0 Å². The predicted molar refractivity (Wildman–Crippen MR) is 137 cm³/mol. The van der Waals surface area contributed by atoms with Crippen molar-refractivity contribution in [2.75, 3.05) is 43.2 Å². The molecule has 0 spiro atoms. The van der Waals surface area contributed by atoms with Gasteiger partial charge in [0.1, 0.15) is 11.5 Å². The highest BCUT2D eigenvalue weighted by Crippen LogP contribution is 2.29. The molecule has 1 atom stereocenters. The Morgan fingerprint density at radius 2 is 1.52 bits per heavy atom. The van der Waals surface area contributed by atoms with Crippen LogP contribution in [0.15, 0.2) is 9.59 Å². The van der Waals surface area contributed by atoms with Gasteiger partial charge in [-0.1, -0.05) is 77.6 Å². The summed E-state index contributed by atoms with van der Waals surface area (Å²) >= 11 is 0. The quantitative estimate of drug-likeness (QED) is 0.288. The number of unbranched alkanes of at least 4 members (excludes halogenated alkanes) is 11. The lowest BCUT2D eigenvalue weighted by Crippen LogP contribution is -2.35. The van der Waals surface area contributed by atoms with Crippen molar-refractivity contribution in [2.24, 2.45) is 7.05 Å². The van der Waals surface area contributed by atoms with E-state index in [1.54, 1.807) is 7.05 Å². The van der Waals surface area contributed by atoms with Gasteiger partial charge in [-0.2, -0.15) is 0 Å². The molecule has 2 heterocycles. The predicted octanol–water partition coefficient (Wildman–Crippen LogP) is 3.33. The van der Waals surface area contributed by atoms with Crippen molar-refractivity contribution >= 4 is 11.5 Å². The number of nitrogens with one attached hydrogen (secondary N) is 2. The first-order valence-corrected chi connectivity index (χ1v) is 13.1. The van der Waals surface area contributed by atoms with E-state index in [0.29, 0.717) is 37.7 Å². The minimum absolute atomic E-state index is 0.359. The van der Waals surface area contributed by atoms with E-state index in [0.717, 1.165) is 13.0 Å².